The number of urea groups is 1. The summed E-state index contributed by atoms with van der Waals surface area (Å²) in [7, 11) is 0. The summed E-state index contributed by atoms with van der Waals surface area (Å²) in [4.78, 5) is 10.9. The lowest BCUT2D eigenvalue weighted by Gasteiger charge is -2.08. The molecule has 0 saturated heterocycles. The first-order valence-corrected chi connectivity index (χ1v) is 4.37. The molecule has 8 heteroatoms. The number of hydrogen-bond acceptors (Lipinski definition) is 3. The minimum Gasteiger partial charge on any atom is -0.361 e. The number of hydrogen-bond donors (Lipinski definition) is 2. The van der Waals surface area contributed by atoms with Crippen LogP contribution in [0.25, 0.3) is 0 Å². The van der Waals surface area contributed by atoms with Crippen LogP contribution in [0.15, 0.2) is 10.6 Å². The quantitative estimate of drug-likeness (QED) is 0.833. The van der Waals surface area contributed by atoms with Crippen LogP contribution in [-0.2, 0) is 6.54 Å². The van der Waals surface area contributed by atoms with Gasteiger partial charge in [0.25, 0.3) is 0 Å². The van der Waals surface area contributed by atoms with Gasteiger partial charge in [0.05, 0.1) is 6.54 Å². The van der Waals surface area contributed by atoms with E-state index in [1.54, 1.807) is 18.3 Å². The van der Waals surface area contributed by atoms with Gasteiger partial charge in [-0.2, -0.15) is 13.2 Å². The van der Waals surface area contributed by atoms with Crippen LogP contribution in [0.4, 0.5) is 18.0 Å². The van der Waals surface area contributed by atoms with Gasteiger partial charge in [-0.25, -0.2) is 4.79 Å². The van der Waals surface area contributed by atoms with Gasteiger partial charge in [0.15, 0.2) is 0 Å². The average Bonchev–Trinajstić information content (AvgIpc) is 2.57. The van der Waals surface area contributed by atoms with Crippen molar-refractivity contribution in [2.75, 3.05) is 6.54 Å². The molecule has 0 atom stereocenters. The molecule has 0 fully saturated rings. The van der Waals surface area contributed by atoms with Gasteiger partial charge in [0, 0.05) is 6.07 Å². The Morgan fingerprint density at radius 1 is 1.50 bits per heavy atom. The van der Waals surface area contributed by atoms with Crippen molar-refractivity contribution < 1.29 is 22.5 Å². The first-order valence-electron chi connectivity index (χ1n) is 4.37. The molecule has 1 aromatic rings. The molecule has 0 aliphatic rings. The summed E-state index contributed by atoms with van der Waals surface area (Å²) < 4.78 is 39.8. The van der Waals surface area contributed by atoms with Gasteiger partial charge >= 0.3 is 12.2 Å². The Labute approximate surface area is 89.0 Å². The normalized spacial score (nSPS) is 11.2. The number of amides is 2. The van der Waals surface area contributed by atoms with Gasteiger partial charge in [0.1, 0.15) is 18.0 Å². The lowest BCUT2D eigenvalue weighted by molar-refractivity contribution is -0.122. The topological polar surface area (TPSA) is 67.2 Å². The molecule has 0 bridgehead atoms. The molecule has 1 heterocycles. The second-order valence-corrected chi connectivity index (χ2v) is 3.08. The van der Waals surface area contributed by atoms with Crippen LogP contribution in [0.1, 0.15) is 11.5 Å². The third-order valence-electron chi connectivity index (χ3n) is 1.56. The predicted molar refractivity (Wildman–Crippen MR) is 47.5 cm³/mol. The van der Waals surface area contributed by atoms with Gasteiger partial charge < -0.3 is 15.2 Å². The third kappa shape index (κ3) is 4.67. The van der Waals surface area contributed by atoms with E-state index in [0.717, 1.165) is 0 Å². The molecular formula is C8H10F3N3O2. The van der Waals surface area contributed by atoms with Gasteiger partial charge in [-0.1, -0.05) is 5.16 Å². The monoisotopic (exact) mass is 237 g/mol. The van der Waals surface area contributed by atoms with E-state index < -0.39 is 18.8 Å². The Bertz CT molecular complexity index is 362. The smallest absolute Gasteiger partial charge is 0.361 e. The number of nitrogens with zero attached hydrogens (tertiary/aromatic N) is 1. The molecule has 0 aromatic carbocycles. The van der Waals surface area contributed by atoms with E-state index in [1.807, 2.05) is 0 Å². The van der Waals surface area contributed by atoms with Crippen LogP contribution < -0.4 is 10.6 Å². The highest BCUT2D eigenvalue weighted by molar-refractivity contribution is 5.73. The van der Waals surface area contributed by atoms with Crippen LogP contribution in [0.5, 0.6) is 0 Å². The molecule has 2 N–H and O–H groups in total. The molecule has 5 nitrogen and oxygen atoms in total. The molecule has 0 unspecified atom stereocenters. The van der Waals surface area contributed by atoms with Crippen LogP contribution in [0.2, 0.25) is 0 Å². The van der Waals surface area contributed by atoms with E-state index in [2.05, 4.69) is 10.5 Å². The van der Waals surface area contributed by atoms with Gasteiger partial charge in [-0.05, 0) is 6.92 Å². The fourth-order valence-electron chi connectivity index (χ4n) is 0.915. The SMILES string of the molecule is Cc1cc(CNC(=O)NCC(F)(F)F)no1. The average molecular weight is 237 g/mol. The standard InChI is InChI=1S/C8H10F3N3O2/c1-5-2-6(14-16-5)3-12-7(15)13-4-8(9,10)11/h2H,3-4H2,1H3,(H2,12,13,15). The number of aryl methyl sites for hydroxylation is 1. The Morgan fingerprint density at radius 3 is 2.69 bits per heavy atom. The summed E-state index contributed by atoms with van der Waals surface area (Å²) in [6.45, 7) is 0.317. The molecule has 90 valence electrons. The second-order valence-electron chi connectivity index (χ2n) is 3.08. The van der Waals surface area contributed by atoms with Gasteiger partial charge in [0.2, 0.25) is 0 Å². The van der Waals surface area contributed by atoms with E-state index in [0.29, 0.717) is 11.5 Å². The first kappa shape index (κ1) is 12.3. The van der Waals surface area contributed by atoms with E-state index >= 15 is 0 Å². The van der Waals surface area contributed by atoms with Crippen molar-refractivity contribution in [3.8, 4) is 0 Å². The van der Waals surface area contributed by atoms with Crippen LogP contribution in [0.3, 0.4) is 0 Å². The highest BCUT2D eigenvalue weighted by Gasteiger charge is 2.27. The van der Waals surface area contributed by atoms with E-state index in [9.17, 15) is 18.0 Å². The summed E-state index contributed by atoms with van der Waals surface area (Å²) in [6.07, 6.45) is -4.41. The van der Waals surface area contributed by atoms with Crippen molar-refractivity contribution in [2.45, 2.75) is 19.6 Å². The molecule has 0 radical (unpaired) electrons. The summed E-state index contributed by atoms with van der Waals surface area (Å²) >= 11 is 0. The van der Waals surface area contributed by atoms with E-state index in [1.165, 1.54) is 0 Å². The van der Waals surface area contributed by atoms with Crippen LogP contribution in [-0.4, -0.2) is 23.9 Å². The molecule has 1 rings (SSSR count). The zero-order valence-corrected chi connectivity index (χ0v) is 8.39. The van der Waals surface area contributed by atoms with Crippen molar-refractivity contribution in [3.63, 3.8) is 0 Å². The summed E-state index contributed by atoms with van der Waals surface area (Å²) in [6, 6.07) is 0.669. The molecule has 1 aromatic heterocycles. The number of carbonyl (C=O) groups excluding carboxylic acids is 1. The molecule has 0 saturated carbocycles. The molecule has 0 aliphatic heterocycles. The Morgan fingerprint density at radius 2 is 2.19 bits per heavy atom. The maximum Gasteiger partial charge on any atom is 0.405 e. The Hall–Kier alpha value is -1.73. The maximum atomic E-state index is 11.7. The number of alkyl halides is 3. The summed E-state index contributed by atoms with van der Waals surface area (Å²) in [5.74, 6) is 0.562. The van der Waals surface area contributed by atoms with Crippen molar-refractivity contribution in [1.29, 1.82) is 0 Å². The highest BCUT2D eigenvalue weighted by atomic mass is 19.4. The highest BCUT2D eigenvalue weighted by Crippen LogP contribution is 2.11. The van der Waals surface area contributed by atoms with Crippen LogP contribution in [0, 0.1) is 6.92 Å². The zero-order chi connectivity index (χ0) is 12.2. The van der Waals surface area contributed by atoms with Crippen LogP contribution >= 0.6 is 0 Å². The largest absolute Gasteiger partial charge is 0.405 e. The van der Waals surface area contributed by atoms with E-state index in [4.69, 9.17) is 4.52 Å². The number of nitrogens with one attached hydrogen (secondary N) is 2. The van der Waals surface area contributed by atoms with Gasteiger partial charge in [-0.3, -0.25) is 0 Å². The van der Waals surface area contributed by atoms with Crippen molar-refractivity contribution in [3.05, 3.63) is 17.5 Å². The first-order chi connectivity index (χ1) is 7.37. The molecular weight excluding hydrogens is 227 g/mol. The number of aromatic nitrogens is 1. The zero-order valence-electron chi connectivity index (χ0n) is 8.39. The van der Waals surface area contributed by atoms with Crippen molar-refractivity contribution >= 4 is 6.03 Å². The Balaban J connectivity index is 2.25. The molecule has 16 heavy (non-hydrogen) atoms. The van der Waals surface area contributed by atoms with E-state index in [-0.39, 0.29) is 6.54 Å². The minimum absolute atomic E-state index is 0.0149. The van der Waals surface area contributed by atoms with Crippen molar-refractivity contribution in [1.82, 2.24) is 15.8 Å². The fraction of sp³-hybridized carbons (Fsp3) is 0.500. The summed E-state index contributed by atoms with van der Waals surface area (Å²) in [5.41, 5.74) is 0.444. The summed E-state index contributed by atoms with van der Waals surface area (Å²) in [5, 5.41) is 7.44. The molecule has 0 spiro atoms. The number of carbonyl (C=O) groups is 1. The molecule has 0 aliphatic carbocycles. The molecule has 2 amide bonds. The van der Waals surface area contributed by atoms with Crippen molar-refractivity contribution in [2.24, 2.45) is 0 Å². The number of rotatable bonds is 3. The fourth-order valence-corrected chi connectivity index (χ4v) is 0.915. The predicted octanol–water partition coefficient (Wildman–Crippen LogP) is 1.34. The lowest BCUT2D eigenvalue weighted by atomic mass is 10.4. The van der Waals surface area contributed by atoms with Gasteiger partial charge in [-0.15, -0.1) is 0 Å². The minimum atomic E-state index is -4.41. The second kappa shape index (κ2) is 4.86. The lowest BCUT2D eigenvalue weighted by Crippen LogP contribution is -2.40. The maximum absolute atomic E-state index is 11.7. The third-order valence-corrected chi connectivity index (χ3v) is 1.56. The number of halogens is 3. The Kier molecular flexibility index (Phi) is 3.75.